The van der Waals surface area contributed by atoms with E-state index < -0.39 is 22.6 Å². The van der Waals surface area contributed by atoms with E-state index in [-0.39, 0.29) is 23.2 Å². The maximum Gasteiger partial charge on any atom is 0.414 e. The molecule has 146 valence electrons. The number of carbonyl (C=O) groups excluding carboxylic acids is 2. The summed E-state index contributed by atoms with van der Waals surface area (Å²) in [5, 5.41) is 12.1. The van der Waals surface area contributed by atoms with E-state index in [0.29, 0.717) is 19.4 Å². The third kappa shape index (κ3) is 1.16. The normalized spacial score (nSPS) is 49.4. The average molecular weight is 380 g/mol. The van der Waals surface area contributed by atoms with Crippen LogP contribution in [0.4, 0.5) is 10.5 Å². The molecule has 1 N–H and O–H groups in total. The summed E-state index contributed by atoms with van der Waals surface area (Å²) in [4.78, 5) is 31.1. The van der Waals surface area contributed by atoms with Gasteiger partial charge in [-0.25, -0.2) is 4.79 Å². The van der Waals surface area contributed by atoms with Crippen LogP contribution in [0.2, 0.25) is 0 Å². The van der Waals surface area contributed by atoms with Crippen molar-refractivity contribution in [2.75, 3.05) is 25.1 Å². The lowest BCUT2D eigenvalue weighted by Gasteiger charge is -2.69. The molecule has 1 amide bonds. The molecule has 7 aliphatic rings. The molecule has 6 atom stereocenters. The number of carbonyl (C=O) groups is 2. The topological polar surface area (TPSA) is 70.1 Å². The van der Waals surface area contributed by atoms with Crippen LogP contribution < -0.4 is 4.90 Å². The van der Waals surface area contributed by atoms with E-state index in [2.05, 4.69) is 11.0 Å². The van der Waals surface area contributed by atoms with E-state index in [4.69, 9.17) is 4.74 Å². The Labute approximate surface area is 163 Å². The molecule has 3 heterocycles. The predicted molar refractivity (Wildman–Crippen MR) is 100 cm³/mol. The third-order valence-corrected chi connectivity index (χ3v) is 9.48. The second kappa shape index (κ2) is 4.31. The van der Waals surface area contributed by atoms with Crippen molar-refractivity contribution < 1.29 is 19.4 Å². The van der Waals surface area contributed by atoms with Crippen LogP contribution in [0, 0.1) is 11.3 Å². The number of anilines is 1. The number of nitrogens with zero attached hydrogens (tertiary/aromatic N) is 2. The molecule has 6 fully saturated rings. The van der Waals surface area contributed by atoms with Gasteiger partial charge in [-0.15, -0.1) is 0 Å². The zero-order chi connectivity index (χ0) is 19.1. The molecule has 2 saturated heterocycles. The number of aliphatic hydroxyl groups is 1. The van der Waals surface area contributed by atoms with Crippen molar-refractivity contribution in [3.63, 3.8) is 0 Å². The number of ether oxygens (including phenoxy) is 1. The van der Waals surface area contributed by atoms with Crippen LogP contribution in [-0.2, 0) is 14.9 Å². The first-order valence-electron chi connectivity index (χ1n) is 10.5. The van der Waals surface area contributed by atoms with Gasteiger partial charge in [0.2, 0.25) is 0 Å². The van der Waals surface area contributed by atoms with E-state index >= 15 is 0 Å². The Balaban J connectivity index is 1.65. The molecular weight excluding hydrogens is 356 g/mol. The van der Waals surface area contributed by atoms with Gasteiger partial charge < -0.3 is 9.84 Å². The van der Waals surface area contributed by atoms with Crippen molar-refractivity contribution in [2.45, 2.75) is 54.7 Å². The second-order valence-corrected chi connectivity index (χ2v) is 9.87. The van der Waals surface area contributed by atoms with Crippen molar-refractivity contribution in [3.05, 3.63) is 29.8 Å². The van der Waals surface area contributed by atoms with Crippen molar-refractivity contribution >= 4 is 17.6 Å². The van der Waals surface area contributed by atoms with E-state index in [1.165, 1.54) is 7.11 Å². The van der Waals surface area contributed by atoms with Gasteiger partial charge in [0.15, 0.2) is 5.78 Å². The van der Waals surface area contributed by atoms with Crippen molar-refractivity contribution in [3.8, 4) is 0 Å². The highest BCUT2D eigenvalue weighted by atomic mass is 16.5. The molecule has 28 heavy (non-hydrogen) atoms. The molecule has 1 aromatic carbocycles. The lowest BCUT2D eigenvalue weighted by molar-refractivity contribution is -0.194. The van der Waals surface area contributed by atoms with Gasteiger partial charge in [-0.1, -0.05) is 18.2 Å². The van der Waals surface area contributed by atoms with Crippen LogP contribution in [0.5, 0.6) is 0 Å². The molecule has 3 aliphatic heterocycles. The number of para-hydroxylation sites is 1. The molecule has 6 heteroatoms. The Kier molecular flexibility index (Phi) is 2.45. The van der Waals surface area contributed by atoms with E-state index in [9.17, 15) is 14.7 Å². The minimum atomic E-state index is -1.48. The molecule has 4 aliphatic carbocycles. The van der Waals surface area contributed by atoms with E-state index in [0.717, 1.165) is 37.1 Å². The number of rotatable bonds is 0. The van der Waals surface area contributed by atoms with Gasteiger partial charge in [-0.3, -0.25) is 14.6 Å². The van der Waals surface area contributed by atoms with Crippen LogP contribution in [0.15, 0.2) is 24.3 Å². The molecule has 8 rings (SSSR count). The molecular formula is C22H24N2O4. The van der Waals surface area contributed by atoms with Crippen LogP contribution >= 0.6 is 0 Å². The van der Waals surface area contributed by atoms with Crippen LogP contribution in [0.25, 0.3) is 0 Å². The molecule has 0 radical (unpaired) electrons. The zero-order valence-electron chi connectivity index (χ0n) is 16.0. The lowest BCUT2D eigenvalue weighted by atomic mass is 9.40. The highest BCUT2D eigenvalue weighted by Crippen LogP contribution is 2.81. The fourth-order valence-corrected chi connectivity index (χ4v) is 9.19. The summed E-state index contributed by atoms with van der Waals surface area (Å²) >= 11 is 0. The number of hydrogen-bond donors (Lipinski definition) is 1. The monoisotopic (exact) mass is 380 g/mol. The Bertz CT molecular complexity index is 979. The number of benzene rings is 1. The maximum atomic E-state index is 13.8. The first-order valence-corrected chi connectivity index (χ1v) is 10.5. The molecule has 6 nitrogen and oxygen atoms in total. The van der Waals surface area contributed by atoms with Crippen LogP contribution in [-0.4, -0.2) is 59.3 Å². The zero-order valence-corrected chi connectivity index (χ0v) is 16.0. The molecule has 0 aromatic heterocycles. The van der Waals surface area contributed by atoms with Gasteiger partial charge >= 0.3 is 6.09 Å². The fraction of sp³-hybridized carbons (Fsp3) is 0.636. The lowest BCUT2D eigenvalue weighted by Crippen LogP contribution is -2.82. The first-order chi connectivity index (χ1) is 13.5. The van der Waals surface area contributed by atoms with Crippen LogP contribution in [0.3, 0.4) is 0 Å². The number of hydrogen-bond acceptors (Lipinski definition) is 5. The van der Waals surface area contributed by atoms with Crippen LogP contribution in [0.1, 0.15) is 37.7 Å². The van der Waals surface area contributed by atoms with Gasteiger partial charge in [0.25, 0.3) is 0 Å². The van der Waals surface area contributed by atoms with Gasteiger partial charge in [0.1, 0.15) is 5.60 Å². The third-order valence-electron chi connectivity index (χ3n) is 9.48. The highest BCUT2D eigenvalue weighted by Gasteiger charge is 2.93. The smallest absolute Gasteiger partial charge is 0.414 e. The quantitative estimate of drug-likeness (QED) is 0.744. The summed E-state index contributed by atoms with van der Waals surface area (Å²) in [7, 11) is 1.39. The number of fused-ring (bicyclic) bond motifs is 2. The van der Waals surface area contributed by atoms with Gasteiger partial charge in [-0.2, -0.15) is 0 Å². The molecule has 4 bridgehead atoms. The maximum absolute atomic E-state index is 13.8. The summed E-state index contributed by atoms with van der Waals surface area (Å²) in [5.41, 5.74) is -1.04. The second-order valence-electron chi connectivity index (χ2n) is 9.87. The number of amides is 1. The minimum absolute atomic E-state index is 0.0328. The Morgan fingerprint density at radius 1 is 1.25 bits per heavy atom. The summed E-state index contributed by atoms with van der Waals surface area (Å²) in [5.74, 6) is -0.287. The highest BCUT2D eigenvalue weighted by molar-refractivity contribution is 6.07. The van der Waals surface area contributed by atoms with Crippen molar-refractivity contribution in [2.24, 2.45) is 11.3 Å². The molecule has 3 spiro atoms. The van der Waals surface area contributed by atoms with E-state index in [1.54, 1.807) is 4.90 Å². The SMILES string of the molecule is COC(=O)N1c2ccccc2[C@@]23[C@@H]4CN5CCC[C@]6(CC[C@]12[C@@](O)(C6)C4=O)[C@H]53. The fourth-order valence-electron chi connectivity index (χ4n) is 9.19. The summed E-state index contributed by atoms with van der Waals surface area (Å²) in [6.45, 7) is 1.71. The Morgan fingerprint density at radius 3 is 2.89 bits per heavy atom. The average Bonchev–Trinajstić information content (AvgIpc) is 3.23. The number of methoxy groups -OCH3 is 1. The molecule has 1 aromatic rings. The largest absolute Gasteiger partial charge is 0.452 e. The summed E-state index contributed by atoms with van der Waals surface area (Å²) in [6, 6.07) is 8.22. The van der Waals surface area contributed by atoms with Gasteiger partial charge in [0.05, 0.1) is 23.8 Å². The predicted octanol–water partition coefficient (Wildman–Crippen LogP) is 1.84. The number of ketones is 1. The van der Waals surface area contributed by atoms with Gasteiger partial charge in [0, 0.05) is 18.5 Å². The molecule has 0 unspecified atom stereocenters. The van der Waals surface area contributed by atoms with E-state index in [1.807, 2.05) is 18.2 Å². The van der Waals surface area contributed by atoms with Gasteiger partial charge in [-0.05, 0) is 55.7 Å². The summed E-state index contributed by atoms with van der Waals surface area (Å²) < 4.78 is 5.22. The first kappa shape index (κ1) is 15.9. The Morgan fingerprint density at radius 2 is 2.07 bits per heavy atom. The number of piperidine rings is 1. The minimum Gasteiger partial charge on any atom is -0.452 e. The summed E-state index contributed by atoms with van der Waals surface area (Å²) in [6.07, 6.45) is 3.84. The standard InChI is InChI=1S/C22H24N2O4/c1-28-18(26)24-15-6-3-2-5-13(15)22-14-11-23-10-4-7-19(17(22)23)8-9-21(22,24)20(27,12-19)16(14)25/h2-3,5-6,14,17,27H,4,7-12H2,1H3/t14-,17+,19-,20-,21-,22+/m1/s1. The Hall–Kier alpha value is -1.92. The number of Topliss-reactive ketones (excluding diaryl/α,β-unsaturated/α-hetero) is 1. The van der Waals surface area contributed by atoms with Crippen molar-refractivity contribution in [1.82, 2.24) is 4.90 Å². The molecule has 4 saturated carbocycles. The van der Waals surface area contributed by atoms with Crippen molar-refractivity contribution in [1.29, 1.82) is 0 Å².